The van der Waals surface area contributed by atoms with Crippen molar-refractivity contribution in [3.05, 3.63) is 33.9 Å². The molecule has 0 aromatic heterocycles. The van der Waals surface area contributed by atoms with Crippen molar-refractivity contribution in [2.24, 2.45) is 4.90 Å². The Bertz CT molecular complexity index is 604. The zero-order valence-electron chi connectivity index (χ0n) is 10.7. The summed E-state index contributed by atoms with van der Waals surface area (Å²) < 4.78 is 16.5. The molecule has 0 heterocycles. The Morgan fingerprint density at radius 3 is 2.79 bits per heavy atom. The molecule has 4 nitrogen and oxygen atoms in total. The quantitative estimate of drug-likeness (QED) is 0.460. The van der Waals surface area contributed by atoms with E-state index in [1.807, 2.05) is 30.3 Å². The summed E-state index contributed by atoms with van der Waals surface area (Å²) in [6, 6.07) is 10.0. The Morgan fingerprint density at radius 2 is 2.05 bits per heavy atom. The standard InChI is InChI=1S/C13H13BINO3/c1-17-8-19-13-10-6-4-3-5-9(10)7-11(12(13)15)16-14-18-2/h3-7H,8H2,1-2H3. The summed E-state index contributed by atoms with van der Waals surface area (Å²) in [6.07, 6.45) is 0. The molecule has 0 amide bonds. The molecule has 0 saturated heterocycles. The van der Waals surface area contributed by atoms with Crippen LogP contribution in [0.15, 0.2) is 35.2 Å². The Balaban J connectivity index is 2.59. The number of benzene rings is 2. The monoisotopic (exact) mass is 369 g/mol. The molecule has 98 valence electrons. The number of methoxy groups -OCH3 is 1. The first-order valence-corrected chi connectivity index (χ1v) is 6.74. The molecule has 0 radical (unpaired) electrons. The first-order chi connectivity index (χ1) is 9.27. The third-order valence-electron chi connectivity index (χ3n) is 2.54. The van der Waals surface area contributed by atoms with Gasteiger partial charge in [0.1, 0.15) is 0 Å². The summed E-state index contributed by atoms with van der Waals surface area (Å²) in [7, 11) is 4.58. The number of halogens is 1. The Morgan fingerprint density at radius 1 is 1.26 bits per heavy atom. The summed E-state index contributed by atoms with van der Waals surface area (Å²) in [5.74, 6) is 0.781. The predicted molar refractivity (Wildman–Crippen MR) is 84.0 cm³/mol. The van der Waals surface area contributed by atoms with Crippen LogP contribution < -0.4 is 4.74 Å². The van der Waals surface area contributed by atoms with Crippen LogP contribution in [0.5, 0.6) is 5.75 Å². The van der Waals surface area contributed by atoms with Crippen LogP contribution in [-0.4, -0.2) is 28.3 Å². The number of ether oxygens (including phenoxy) is 2. The van der Waals surface area contributed by atoms with E-state index < -0.39 is 0 Å². The maximum atomic E-state index is 5.68. The average Bonchev–Trinajstić information content (AvgIpc) is 2.44. The summed E-state index contributed by atoms with van der Waals surface area (Å²) in [5, 5.41) is 2.11. The van der Waals surface area contributed by atoms with Gasteiger partial charge in [-0.05, 0) is 0 Å². The van der Waals surface area contributed by atoms with Gasteiger partial charge < -0.3 is 0 Å². The van der Waals surface area contributed by atoms with E-state index in [0.29, 0.717) is 0 Å². The second kappa shape index (κ2) is 6.86. The SMILES string of the molecule is COB=Nc1cc2ccccc2c(OCOC)c1I. The van der Waals surface area contributed by atoms with Gasteiger partial charge in [-0.3, -0.25) is 0 Å². The number of hydrogen-bond acceptors (Lipinski definition) is 4. The fraction of sp³-hybridized carbons (Fsp3) is 0.231. The van der Waals surface area contributed by atoms with E-state index in [9.17, 15) is 0 Å². The van der Waals surface area contributed by atoms with Crippen LogP contribution in [-0.2, 0) is 9.39 Å². The molecule has 6 heteroatoms. The van der Waals surface area contributed by atoms with Gasteiger partial charge in [0.15, 0.2) is 0 Å². The Labute approximate surface area is 126 Å². The molecule has 0 bridgehead atoms. The summed E-state index contributed by atoms with van der Waals surface area (Å²) in [4.78, 5) is 4.27. The molecule has 2 aromatic carbocycles. The van der Waals surface area contributed by atoms with Gasteiger partial charge in [0.25, 0.3) is 0 Å². The fourth-order valence-electron chi connectivity index (χ4n) is 1.74. The summed E-state index contributed by atoms with van der Waals surface area (Å²) in [5.41, 5.74) is 0.812. The normalized spacial score (nSPS) is 10.7. The van der Waals surface area contributed by atoms with Gasteiger partial charge in [-0.15, -0.1) is 0 Å². The van der Waals surface area contributed by atoms with E-state index in [-0.39, 0.29) is 6.79 Å². The molecule has 2 aromatic rings. The average molecular weight is 369 g/mol. The molecular formula is C13H13BINO3. The number of rotatable bonds is 5. The van der Waals surface area contributed by atoms with E-state index in [4.69, 9.17) is 14.1 Å². The molecule has 0 saturated carbocycles. The Kier molecular flexibility index (Phi) is 5.15. The van der Waals surface area contributed by atoms with Crippen molar-refractivity contribution < 1.29 is 14.1 Å². The van der Waals surface area contributed by atoms with E-state index in [1.165, 1.54) is 7.27 Å². The maximum absolute atomic E-state index is 5.68. The van der Waals surface area contributed by atoms with Crippen LogP contribution in [0.25, 0.3) is 10.8 Å². The zero-order chi connectivity index (χ0) is 13.7. The number of nitrogens with zero attached hydrogens (tertiary/aromatic N) is 1. The minimum atomic E-state index is 0.206. The van der Waals surface area contributed by atoms with Crippen molar-refractivity contribution in [2.75, 3.05) is 21.0 Å². The van der Waals surface area contributed by atoms with E-state index >= 15 is 0 Å². The molecule has 0 aliphatic carbocycles. The Hall–Kier alpha value is -1.15. The van der Waals surface area contributed by atoms with Crippen LogP contribution in [0, 0.1) is 3.57 Å². The van der Waals surface area contributed by atoms with Crippen molar-refractivity contribution in [2.45, 2.75) is 0 Å². The van der Waals surface area contributed by atoms with Crippen LogP contribution >= 0.6 is 22.6 Å². The minimum absolute atomic E-state index is 0.206. The van der Waals surface area contributed by atoms with Gasteiger partial charge in [-0.25, -0.2) is 0 Å². The van der Waals surface area contributed by atoms with Crippen molar-refractivity contribution in [1.29, 1.82) is 0 Å². The van der Waals surface area contributed by atoms with E-state index in [0.717, 1.165) is 25.8 Å². The van der Waals surface area contributed by atoms with Gasteiger partial charge in [0.05, 0.1) is 0 Å². The summed E-state index contributed by atoms with van der Waals surface area (Å²) in [6.45, 7) is 0.206. The number of fused-ring (bicyclic) bond motifs is 1. The second-order valence-corrected chi connectivity index (χ2v) is 4.86. The molecule has 19 heavy (non-hydrogen) atoms. The predicted octanol–water partition coefficient (Wildman–Crippen LogP) is 3.51. The first kappa shape index (κ1) is 14.3. The van der Waals surface area contributed by atoms with Crippen molar-refractivity contribution >= 4 is 46.3 Å². The van der Waals surface area contributed by atoms with Gasteiger partial charge in [-0.2, -0.15) is 0 Å². The van der Waals surface area contributed by atoms with Crippen molar-refractivity contribution in [1.82, 2.24) is 0 Å². The molecule has 0 spiro atoms. The van der Waals surface area contributed by atoms with Crippen LogP contribution in [0.1, 0.15) is 0 Å². The fourth-order valence-corrected chi connectivity index (χ4v) is 2.48. The molecular weight excluding hydrogens is 356 g/mol. The molecule has 0 atom stereocenters. The van der Waals surface area contributed by atoms with Gasteiger partial charge in [0.2, 0.25) is 0 Å². The third kappa shape index (κ3) is 3.25. The van der Waals surface area contributed by atoms with Crippen molar-refractivity contribution in [3.63, 3.8) is 0 Å². The van der Waals surface area contributed by atoms with E-state index in [2.05, 4.69) is 27.5 Å². The van der Waals surface area contributed by atoms with Gasteiger partial charge >= 0.3 is 126 Å². The van der Waals surface area contributed by atoms with Crippen LogP contribution in [0.2, 0.25) is 0 Å². The van der Waals surface area contributed by atoms with Gasteiger partial charge in [-0.1, -0.05) is 0 Å². The molecule has 2 rings (SSSR count). The van der Waals surface area contributed by atoms with Crippen LogP contribution in [0.4, 0.5) is 5.69 Å². The zero-order valence-corrected chi connectivity index (χ0v) is 12.9. The van der Waals surface area contributed by atoms with Crippen LogP contribution in [0.3, 0.4) is 0 Å². The first-order valence-electron chi connectivity index (χ1n) is 5.66. The summed E-state index contributed by atoms with van der Waals surface area (Å²) >= 11 is 2.22. The molecule has 0 N–H and O–H groups in total. The molecule has 0 fully saturated rings. The van der Waals surface area contributed by atoms with Gasteiger partial charge in [0, 0.05) is 0 Å². The second-order valence-electron chi connectivity index (χ2n) is 3.78. The third-order valence-corrected chi connectivity index (χ3v) is 3.58. The topological polar surface area (TPSA) is 40.0 Å². The molecule has 0 unspecified atom stereocenters. The van der Waals surface area contributed by atoms with Crippen molar-refractivity contribution in [3.8, 4) is 5.75 Å². The number of hydrogen-bond donors (Lipinski definition) is 0. The molecule has 0 aliphatic rings. The molecule has 0 aliphatic heterocycles. The van der Waals surface area contributed by atoms with E-state index in [1.54, 1.807) is 14.2 Å².